The molecule has 1 atom stereocenters. The van der Waals surface area contributed by atoms with Gasteiger partial charge in [0.05, 0.1) is 0 Å². The fourth-order valence-electron chi connectivity index (χ4n) is 3.10. The maximum atomic E-state index is 13.1. The van der Waals surface area contributed by atoms with E-state index in [1.54, 1.807) is 12.1 Å². The Morgan fingerprint density at radius 1 is 1.05 bits per heavy atom. The van der Waals surface area contributed by atoms with Crippen molar-refractivity contribution in [3.05, 3.63) is 71.5 Å². The van der Waals surface area contributed by atoms with Crippen LogP contribution in [0, 0.1) is 5.82 Å². The highest BCUT2D eigenvalue weighted by Crippen LogP contribution is 2.32. The third-order valence-corrected chi connectivity index (χ3v) is 4.18. The number of benzene rings is 2. The second-order valence-electron chi connectivity index (χ2n) is 5.84. The summed E-state index contributed by atoms with van der Waals surface area (Å²) in [5, 5.41) is 10.9. The standard InChI is InChI=1S/C18H20FNO.ClH/c19-17-9-7-16(8-10-17)18(21)11-4-12-20(14-18)13-15-5-2-1-3-6-15;/h1-3,5-10,21H,4,11-14H2;1H. The largest absolute Gasteiger partial charge is 0.384 e. The van der Waals surface area contributed by atoms with Crippen molar-refractivity contribution in [2.24, 2.45) is 0 Å². The molecule has 0 bridgehead atoms. The maximum Gasteiger partial charge on any atom is 0.123 e. The van der Waals surface area contributed by atoms with Crippen LogP contribution in [0.2, 0.25) is 0 Å². The Balaban J connectivity index is 0.00000176. The number of aliphatic hydroxyl groups is 1. The molecule has 0 amide bonds. The molecule has 2 aromatic carbocycles. The molecule has 1 N–H and O–H groups in total. The molecule has 0 aromatic heterocycles. The fourth-order valence-corrected chi connectivity index (χ4v) is 3.10. The first-order chi connectivity index (χ1) is 10.2. The highest BCUT2D eigenvalue weighted by Gasteiger charge is 2.34. The highest BCUT2D eigenvalue weighted by molar-refractivity contribution is 5.85. The van der Waals surface area contributed by atoms with Gasteiger partial charge in [-0.25, -0.2) is 4.39 Å². The third kappa shape index (κ3) is 3.86. The van der Waals surface area contributed by atoms with E-state index in [2.05, 4.69) is 17.0 Å². The van der Waals surface area contributed by atoms with Gasteiger partial charge in [0.25, 0.3) is 0 Å². The molecule has 1 aliphatic heterocycles. The minimum atomic E-state index is -0.874. The predicted octanol–water partition coefficient (Wildman–Crippen LogP) is 3.73. The van der Waals surface area contributed by atoms with Gasteiger partial charge in [-0.3, -0.25) is 4.90 Å². The zero-order valence-corrected chi connectivity index (χ0v) is 13.2. The number of hydrogen-bond acceptors (Lipinski definition) is 2. The van der Waals surface area contributed by atoms with Crippen molar-refractivity contribution < 1.29 is 9.50 Å². The van der Waals surface area contributed by atoms with Gasteiger partial charge in [0.2, 0.25) is 0 Å². The molecule has 1 saturated heterocycles. The number of nitrogens with zero attached hydrogens (tertiary/aromatic N) is 1. The molecule has 2 nitrogen and oxygen atoms in total. The van der Waals surface area contributed by atoms with Gasteiger partial charge >= 0.3 is 0 Å². The van der Waals surface area contributed by atoms with Gasteiger partial charge in [-0.1, -0.05) is 42.5 Å². The van der Waals surface area contributed by atoms with Gasteiger partial charge in [-0.15, -0.1) is 12.4 Å². The normalized spacial score (nSPS) is 22.1. The number of β-amino-alcohol motifs (C(OH)–C–C–N with tert-alkyl or cyclic N) is 1. The third-order valence-electron chi connectivity index (χ3n) is 4.18. The Morgan fingerprint density at radius 3 is 2.41 bits per heavy atom. The van der Waals surface area contributed by atoms with Gasteiger partial charge in [-0.05, 0) is 42.6 Å². The predicted molar refractivity (Wildman–Crippen MR) is 88.5 cm³/mol. The van der Waals surface area contributed by atoms with Crippen LogP contribution in [0.25, 0.3) is 0 Å². The molecule has 1 aliphatic rings. The number of piperidine rings is 1. The lowest BCUT2D eigenvalue weighted by molar-refractivity contribution is -0.0381. The SMILES string of the molecule is Cl.OC1(c2ccc(F)cc2)CCCN(Cc2ccccc2)C1. The van der Waals surface area contributed by atoms with Gasteiger partial charge in [-0.2, -0.15) is 0 Å². The summed E-state index contributed by atoms with van der Waals surface area (Å²) < 4.78 is 13.1. The lowest BCUT2D eigenvalue weighted by Gasteiger charge is -2.39. The van der Waals surface area contributed by atoms with Gasteiger partial charge in [0.15, 0.2) is 0 Å². The van der Waals surface area contributed by atoms with Crippen LogP contribution in [0.5, 0.6) is 0 Å². The second kappa shape index (κ2) is 7.23. The molecule has 4 heteroatoms. The van der Waals surface area contributed by atoms with Crippen molar-refractivity contribution in [2.75, 3.05) is 13.1 Å². The minimum absolute atomic E-state index is 0. The molecule has 0 saturated carbocycles. The summed E-state index contributed by atoms with van der Waals surface area (Å²) >= 11 is 0. The number of rotatable bonds is 3. The second-order valence-corrected chi connectivity index (χ2v) is 5.84. The molecule has 0 aliphatic carbocycles. The highest BCUT2D eigenvalue weighted by atomic mass is 35.5. The van der Waals surface area contributed by atoms with Crippen LogP contribution in [0.3, 0.4) is 0 Å². The van der Waals surface area contributed by atoms with E-state index in [9.17, 15) is 9.50 Å². The van der Waals surface area contributed by atoms with Crippen LogP contribution < -0.4 is 0 Å². The zero-order chi connectivity index (χ0) is 14.7. The summed E-state index contributed by atoms with van der Waals surface area (Å²) in [7, 11) is 0. The van der Waals surface area contributed by atoms with Gasteiger partial charge in [0, 0.05) is 13.1 Å². The van der Waals surface area contributed by atoms with E-state index in [0.29, 0.717) is 6.54 Å². The van der Waals surface area contributed by atoms with Gasteiger partial charge in [0.1, 0.15) is 11.4 Å². The van der Waals surface area contributed by atoms with Crippen molar-refractivity contribution in [2.45, 2.75) is 25.0 Å². The van der Waals surface area contributed by atoms with E-state index in [1.807, 2.05) is 18.2 Å². The van der Waals surface area contributed by atoms with E-state index in [0.717, 1.165) is 31.5 Å². The van der Waals surface area contributed by atoms with Crippen molar-refractivity contribution in [1.29, 1.82) is 0 Å². The molecule has 0 radical (unpaired) electrons. The smallest absolute Gasteiger partial charge is 0.123 e. The van der Waals surface area contributed by atoms with E-state index in [1.165, 1.54) is 17.7 Å². The lowest BCUT2D eigenvalue weighted by atomic mass is 9.85. The van der Waals surface area contributed by atoms with Crippen molar-refractivity contribution in [1.82, 2.24) is 4.90 Å². The van der Waals surface area contributed by atoms with Crippen LogP contribution in [-0.2, 0) is 12.1 Å². The molecule has 1 fully saturated rings. The molecule has 1 heterocycles. The average Bonchev–Trinajstić information content (AvgIpc) is 2.49. The molecule has 118 valence electrons. The summed E-state index contributed by atoms with van der Waals surface area (Å²) in [4.78, 5) is 2.27. The molecule has 2 aromatic rings. The molecular formula is C18H21ClFNO. The van der Waals surface area contributed by atoms with E-state index >= 15 is 0 Å². The van der Waals surface area contributed by atoms with Crippen molar-refractivity contribution >= 4 is 12.4 Å². The zero-order valence-electron chi connectivity index (χ0n) is 12.4. The van der Waals surface area contributed by atoms with Crippen molar-refractivity contribution in [3.8, 4) is 0 Å². The van der Waals surface area contributed by atoms with Crippen molar-refractivity contribution in [3.63, 3.8) is 0 Å². The summed E-state index contributed by atoms with van der Waals surface area (Å²) in [6, 6.07) is 16.5. The fraction of sp³-hybridized carbons (Fsp3) is 0.333. The first-order valence-electron chi connectivity index (χ1n) is 7.40. The number of hydrogen-bond donors (Lipinski definition) is 1. The molecule has 1 unspecified atom stereocenters. The molecule has 0 spiro atoms. The van der Waals surface area contributed by atoms with Crippen LogP contribution in [-0.4, -0.2) is 23.1 Å². The monoisotopic (exact) mass is 321 g/mol. The minimum Gasteiger partial charge on any atom is -0.384 e. The Bertz CT molecular complexity index is 590. The van der Waals surface area contributed by atoms with E-state index in [4.69, 9.17) is 0 Å². The van der Waals surface area contributed by atoms with Crippen LogP contribution >= 0.6 is 12.4 Å². The summed E-state index contributed by atoms with van der Waals surface area (Å²) in [5.74, 6) is -0.265. The quantitative estimate of drug-likeness (QED) is 0.931. The average molecular weight is 322 g/mol. The summed E-state index contributed by atoms with van der Waals surface area (Å²) in [5.41, 5.74) is 1.18. The van der Waals surface area contributed by atoms with Crippen LogP contribution in [0.15, 0.2) is 54.6 Å². The number of likely N-dealkylation sites (tertiary alicyclic amines) is 1. The summed E-state index contributed by atoms with van der Waals surface area (Å²) in [6.07, 6.45) is 1.67. The Labute approximate surface area is 137 Å². The van der Waals surface area contributed by atoms with E-state index in [-0.39, 0.29) is 18.2 Å². The number of halogens is 2. The Hall–Kier alpha value is -1.42. The first-order valence-corrected chi connectivity index (χ1v) is 7.40. The molecule has 3 rings (SSSR count). The Kier molecular flexibility index (Phi) is 5.57. The lowest BCUT2D eigenvalue weighted by Crippen LogP contribution is -2.45. The Morgan fingerprint density at radius 2 is 1.73 bits per heavy atom. The van der Waals surface area contributed by atoms with Gasteiger partial charge < -0.3 is 5.11 Å². The molecular weight excluding hydrogens is 301 g/mol. The maximum absolute atomic E-state index is 13.1. The molecule has 22 heavy (non-hydrogen) atoms. The van der Waals surface area contributed by atoms with Crippen LogP contribution in [0.4, 0.5) is 4.39 Å². The van der Waals surface area contributed by atoms with E-state index < -0.39 is 5.60 Å². The first kappa shape index (κ1) is 16.9. The topological polar surface area (TPSA) is 23.5 Å². The van der Waals surface area contributed by atoms with Crippen LogP contribution in [0.1, 0.15) is 24.0 Å². The summed E-state index contributed by atoms with van der Waals surface area (Å²) in [6.45, 7) is 2.41.